The second kappa shape index (κ2) is 9.10. The van der Waals surface area contributed by atoms with E-state index in [9.17, 15) is 13.6 Å². The average Bonchev–Trinajstić information content (AvgIpc) is 2.54. The molecule has 0 amide bonds. The van der Waals surface area contributed by atoms with Gasteiger partial charge < -0.3 is 10.1 Å². The molecule has 0 aromatic heterocycles. The van der Waals surface area contributed by atoms with Gasteiger partial charge in [0.25, 0.3) is 0 Å². The Morgan fingerprint density at radius 3 is 2.72 bits per heavy atom. The fourth-order valence-corrected chi connectivity index (χ4v) is 3.69. The van der Waals surface area contributed by atoms with Gasteiger partial charge in [0.2, 0.25) is 0 Å². The molecule has 0 heterocycles. The normalized spacial score (nSPS) is 19.1. The van der Waals surface area contributed by atoms with Crippen LogP contribution >= 0.6 is 11.6 Å². The lowest BCUT2D eigenvalue weighted by Crippen LogP contribution is -2.29. The Bertz CT molecular complexity index is 664. The molecule has 0 bridgehead atoms. The maximum absolute atomic E-state index is 14.1. The highest BCUT2D eigenvalue weighted by Crippen LogP contribution is 2.34. The van der Waals surface area contributed by atoms with E-state index in [1.165, 1.54) is 0 Å². The Labute approximate surface area is 153 Å². The molecule has 1 rings (SSSR count). The molecule has 0 saturated heterocycles. The van der Waals surface area contributed by atoms with Gasteiger partial charge in [-0.25, -0.2) is 18.6 Å². The molecule has 8 heteroatoms. The van der Waals surface area contributed by atoms with Gasteiger partial charge in [0, 0.05) is 0 Å². The SMILES string of the molecule is C=C(/C=C(/F)C(Cl)=NCNC1=CCC([Si](C)(C)C)C=C1F)C(=O)OC. The Hall–Kier alpha value is -1.73. The number of halogens is 3. The average molecular weight is 389 g/mol. The van der Waals surface area contributed by atoms with Crippen LogP contribution in [0.5, 0.6) is 0 Å². The minimum absolute atomic E-state index is 0.102. The molecular weight excluding hydrogens is 366 g/mol. The summed E-state index contributed by atoms with van der Waals surface area (Å²) in [5.74, 6) is -2.03. The smallest absolute Gasteiger partial charge is 0.337 e. The van der Waals surface area contributed by atoms with E-state index in [4.69, 9.17) is 11.6 Å². The standard InChI is InChI=1S/C17H23ClF2N2O2Si/c1-11(17(23)24-2)8-14(20)16(18)22-10-21-15-7-6-12(9-13(15)19)25(3,4)5/h7-9,12,21H,1,6,10H2,2-5H3/b14-8+,22-16?. The van der Waals surface area contributed by atoms with Gasteiger partial charge in [0.1, 0.15) is 12.5 Å². The van der Waals surface area contributed by atoms with Crippen LogP contribution in [0.15, 0.2) is 52.7 Å². The van der Waals surface area contributed by atoms with Crippen molar-refractivity contribution in [3.8, 4) is 0 Å². The Kier molecular flexibility index (Phi) is 7.76. The topological polar surface area (TPSA) is 50.7 Å². The second-order valence-corrected chi connectivity index (χ2v) is 12.5. The third-order valence-corrected chi connectivity index (χ3v) is 6.65. The number of allylic oxidation sites excluding steroid dienone is 4. The number of hydrogen-bond acceptors (Lipinski definition) is 4. The van der Waals surface area contributed by atoms with Gasteiger partial charge in [-0.3, -0.25) is 0 Å². The van der Waals surface area contributed by atoms with Gasteiger partial charge in [-0.2, -0.15) is 0 Å². The molecule has 0 aromatic carbocycles. The summed E-state index contributed by atoms with van der Waals surface area (Å²) in [4.78, 5) is 14.9. The van der Waals surface area contributed by atoms with Crippen LogP contribution in [0.3, 0.4) is 0 Å². The van der Waals surface area contributed by atoms with Crippen LogP contribution in [0.4, 0.5) is 8.78 Å². The minimum Gasteiger partial charge on any atom is -0.465 e. The van der Waals surface area contributed by atoms with Crippen LogP contribution in [-0.2, 0) is 9.53 Å². The fraction of sp³-hybridized carbons (Fsp3) is 0.412. The molecule has 1 aliphatic carbocycles. The first-order valence-electron chi connectivity index (χ1n) is 7.72. The van der Waals surface area contributed by atoms with E-state index in [1.54, 1.807) is 12.2 Å². The summed E-state index contributed by atoms with van der Waals surface area (Å²) in [5, 5.41) is 2.32. The van der Waals surface area contributed by atoms with Crippen molar-refractivity contribution in [1.29, 1.82) is 0 Å². The van der Waals surface area contributed by atoms with E-state index < -0.39 is 25.0 Å². The number of methoxy groups -OCH3 is 1. The zero-order valence-electron chi connectivity index (χ0n) is 14.8. The van der Waals surface area contributed by atoms with E-state index in [2.05, 4.69) is 41.3 Å². The summed E-state index contributed by atoms with van der Waals surface area (Å²) in [5.41, 5.74) is 0.378. The zero-order valence-corrected chi connectivity index (χ0v) is 16.6. The molecule has 1 N–H and O–H groups in total. The van der Waals surface area contributed by atoms with Crippen molar-refractivity contribution >= 4 is 30.8 Å². The number of nitrogens with one attached hydrogen (secondary N) is 1. The maximum Gasteiger partial charge on any atom is 0.337 e. The minimum atomic E-state index is -1.46. The van der Waals surface area contributed by atoms with Crippen LogP contribution in [-0.4, -0.2) is 33.0 Å². The van der Waals surface area contributed by atoms with Crippen molar-refractivity contribution < 1.29 is 18.3 Å². The predicted molar refractivity (Wildman–Crippen MR) is 101 cm³/mol. The number of carbonyl (C=O) groups excluding carboxylic acids is 1. The van der Waals surface area contributed by atoms with Gasteiger partial charge in [-0.1, -0.05) is 43.9 Å². The summed E-state index contributed by atoms with van der Waals surface area (Å²) in [6.45, 7) is 9.82. The predicted octanol–water partition coefficient (Wildman–Crippen LogP) is 4.60. The number of esters is 1. The zero-order chi connectivity index (χ0) is 19.2. The van der Waals surface area contributed by atoms with Crippen molar-refractivity contribution in [1.82, 2.24) is 5.32 Å². The lowest BCUT2D eigenvalue weighted by atomic mass is 10.1. The lowest BCUT2D eigenvalue weighted by molar-refractivity contribution is -0.135. The fourth-order valence-electron chi connectivity index (χ4n) is 2.11. The van der Waals surface area contributed by atoms with Gasteiger partial charge in [-0.15, -0.1) is 0 Å². The molecule has 1 aliphatic rings. The molecule has 25 heavy (non-hydrogen) atoms. The number of ether oxygens (including phenoxy) is 1. The van der Waals surface area contributed by atoms with Crippen LogP contribution in [0.25, 0.3) is 0 Å². The van der Waals surface area contributed by atoms with Gasteiger partial charge in [0.15, 0.2) is 11.0 Å². The first kappa shape index (κ1) is 21.3. The van der Waals surface area contributed by atoms with Crippen LogP contribution in [0.2, 0.25) is 25.2 Å². The van der Waals surface area contributed by atoms with E-state index in [-0.39, 0.29) is 23.6 Å². The highest BCUT2D eigenvalue weighted by molar-refractivity contribution is 6.78. The van der Waals surface area contributed by atoms with Crippen molar-refractivity contribution in [2.24, 2.45) is 4.99 Å². The molecular formula is C17H23ClF2N2O2Si. The summed E-state index contributed by atoms with van der Waals surface area (Å²) >= 11 is 5.71. The monoisotopic (exact) mass is 388 g/mol. The Morgan fingerprint density at radius 2 is 2.20 bits per heavy atom. The van der Waals surface area contributed by atoms with Crippen LogP contribution < -0.4 is 5.32 Å². The third-order valence-electron chi connectivity index (χ3n) is 3.73. The number of hydrogen-bond donors (Lipinski definition) is 1. The molecule has 1 unspecified atom stereocenters. The summed E-state index contributed by atoms with van der Waals surface area (Å²) in [6.07, 6.45) is 5.01. The second-order valence-electron chi connectivity index (χ2n) is 6.63. The van der Waals surface area contributed by atoms with Crippen molar-refractivity contribution in [3.05, 3.63) is 47.7 Å². The van der Waals surface area contributed by atoms with Crippen molar-refractivity contribution in [2.75, 3.05) is 13.8 Å². The molecule has 0 spiro atoms. The third kappa shape index (κ3) is 6.59. The molecule has 0 aliphatic heterocycles. The first-order valence-corrected chi connectivity index (χ1v) is 11.7. The maximum atomic E-state index is 14.1. The largest absolute Gasteiger partial charge is 0.465 e. The van der Waals surface area contributed by atoms with E-state index >= 15 is 0 Å². The molecule has 0 saturated carbocycles. The van der Waals surface area contributed by atoms with E-state index in [1.807, 2.05) is 0 Å². The van der Waals surface area contributed by atoms with Gasteiger partial charge in [-0.05, 0) is 24.1 Å². The Balaban J connectivity index is 2.65. The first-order chi connectivity index (χ1) is 11.6. The highest BCUT2D eigenvalue weighted by Gasteiger charge is 2.27. The number of carbonyl (C=O) groups is 1. The molecule has 0 aromatic rings. The van der Waals surface area contributed by atoms with Gasteiger partial charge >= 0.3 is 5.97 Å². The summed E-state index contributed by atoms with van der Waals surface area (Å²) < 4.78 is 32.3. The van der Waals surface area contributed by atoms with Crippen LogP contribution in [0.1, 0.15) is 6.42 Å². The van der Waals surface area contributed by atoms with Crippen LogP contribution in [0, 0.1) is 0 Å². The Morgan fingerprint density at radius 1 is 1.56 bits per heavy atom. The van der Waals surface area contributed by atoms with Crippen molar-refractivity contribution in [3.63, 3.8) is 0 Å². The highest BCUT2D eigenvalue weighted by atomic mass is 35.5. The quantitative estimate of drug-likeness (QED) is 0.228. The molecule has 0 radical (unpaired) electrons. The van der Waals surface area contributed by atoms with E-state index in [0.29, 0.717) is 5.70 Å². The number of nitrogens with zero attached hydrogens (tertiary/aromatic N) is 1. The molecule has 138 valence electrons. The molecule has 4 nitrogen and oxygen atoms in total. The lowest BCUT2D eigenvalue weighted by Gasteiger charge is -2.28. The molecule has 1 atom stereocenters. The van der Waals surface area contributed by atoms with Crippen molar-refractivity contribution in [2.45, 2.75) is 31.6 Å². The number of rotatable bonds is 7. The number of aliphatic imine (C=N–C) groups is 1. The summed E-state index contributed by atoms with van der Waals surface area (Å²) in [6, 6.07) is 0. The summed E-state index contributed by atoms with van der Waals surface area (Å²) in [7, 11) is -0.302. The van der Waals surface area contributed by atoms with E-state index in [0.717, 1.165) is 19.6 Å². The van der Waals surface area contributed by atoms with Gasteiger partial charge in [0.05, 0.1) is 26.5 Å². The molecule has 0 fully saturated rings.